The van der Waals surface area contributed by atoms with Gasteiger partial charge in [0.25, 0.3) is 0 Å². The van der Waals surface area contributed by atoms with Crippen molar-refractivity contribution in [1.82, 2.24) is 5.32 Å². The fraction of sp³-hybridized carbons (Fsp3) is 0.333. The molecule has 76 valence electrons. The van der Waals surface area contributed by atoms with Crippen LogP contribution in [-0.2, 0) is 0 Å². The molecule has 0 fully saturated rings. The lowest BCUT2D eigenvalue weighted by atomic mass is 10.0. The minimum absolute atomic E-state index is 0.0207. The molecule has 0 bridgehead atoms. The number of halogens is 1. The smallest absolute Gasteiger partial charge is 0.130 e. The van der Waals surface area contributed by atoms with Crippen LogP contribution >= 0.6 is 0 Å². The van der Waals surface area contributed by atoms with Crippen LogP contribution in [0.25, 0.3) is 0 Å². The highest BCUT2D eigenvalue weighted by molar-refractivity contribution is 5.27. The second-order valence-corrected chi connectivity index (χ2v) is 3.34. The predicted molar refractivity (Wildman–Crippen MR) is 57.8 cm³/mol. The zero-order chi connectivity index (χ0) is 10.6. The molecule has 14 heavy (non-hydrogen) atoms. The molecule has 0 amide bonds. The second kappa shape index (κ2) is 4.91. The van der Waals surface area contributed by atoms with Gasteiger partial charge in [0.05, 0.1) is 0 Å². The number of rotatable bonds is 4. The summed E-state index contributed by atoms with van der Waals surface area (Å²) >= 11 is 0. The van der Waals surface area contributed by atoms with E-state index in [0.29, 0.717) is 11.1 Å². The van der Waals surface area contributed by atoms with Gasteiger partial charge in [0.1, 0.15) is 5.82 Å². The predicted octanol–water partition coefficient (Wildman–Crippen LogP) is 2.97. The molecule has 1 unspecified atom stereocenters. The Morgan fingerprint density at radius 2 is 2.29 bits per heavy atom. The molecule has 0 heterocycles. The Bertz CT molecular complexity index is 320. The summed E-state index contributed by atoms with van der Waals surface area (Å²) in [6, 6.07) is 5.49. The molecule has 0 saturated carbocycles. The van der Waals surface area contributed by atoms with Gasteiger partial charge in [0.2, 0.25) is 0 Å². The van der Waals surface area contributed by atoms with Gasteiger partial charge in [-0.2, -0.15) is 0 Å². The van der Waals surface area contributed by atoms with Crippen LogP contribution in [0, 0.1) is 12.7 Å². The molecule has 1 rings (SSSR count). The molecule has 1 aromatic rings. The summed E-state index contributed by atoms with van der Waals surface area (Å²) in [5.41, 5.74) is 1.40. The van der Waals surface area contributed by atoms with E-state index < -0.39 is 0 Å². The van der Waals surface area contributed by atoms with E-state index in [-0.39, 0.29) is 11.9 Å². The fourth-order valence-electron chi connectivity index (χ4n) is 1.51. The first-order valence-corrected chi connectivity index (χ1v) is 4.74. The van der Waals surface area contributed by atoms with Crippen molar-refractivity contribution in [3.05, 3.63) is 47.8 Å². The summed E-state index contributed by atoms with van der Waals surface area (Å²) in [4.78, 5) is 0. The Balaban J connectivity index is 3.03. The Morgan fingerprint density at radius 3 is 2.86 bits per heavy atom. The van der Waals surface area contributed by atoms with E-state index in [1.165, 1.54) is 0 Å². The maximum atomic E-state index is 13.7. The van der Waals surface area contributed by atoms with Crippen molar-refractivity contribution >= 4 is 0 Å². The van der Waals surface area contributed by atoms with E-state index in [2.05, 4.69) is 11.9 Å². The number of nitrogens with one attached hydrogen (secondary N) is 1. The highest BCUT2D eigenvalue weighted by Gasteiger charge is 2.13. The molecule has 0 spiro atoms. The largest absolute Gasteiger partial charge is 0.313 e. The summed E-state index contributed by atoms with van der Waals surface area (Å²) in [5.74, 6) is -0.117. The van der Waals surface area contributed by atoms with E-state index >= 15 is 0 Å². The van der Waals surface area contributed by atoms with E-state index in [9.17, 15) is 4.39 Å². The van der Waals surface area contributed by atoms with Gasteiger partial charge in [-0.05, 0) is 26.0 Å². The van der Waals surface area contributed by atoms with Gasteiger partial charge in [0, 0.05) is 11.6 Å². The average Bonchev–Trinajstić information content (AvgIpc) is 2.19. The van der Waals surface area contributed by atoms with Gasteiger partial charge in [-0.25, -0.2) is 4.39 Å². The summed E-state index contributed by atoms with van der Waals surface area (Å²) in [5, 5.41) is 3.08. The number of hydrogen-bond acceptors (Lipinski definition) is 1. The summed E-state index contributed by atoms with van der Waals surface area (Å²) in [6.45, 7) is 5.44. The van der Waals surface area contributed by atoms with Crippen LogP contribution in [0.3, 0.4) is 0 Å². The number of benzene rings is 1. The van der Waals surface area contributed by atoms with Crippen molar-refractivity contribution in [2.75, 3.05) is 7.05 Å². The normalized spacial score (nSPS) is 12.5. The molecule has 0 aliphatic heterocycles. The molecule has 2 heteroatoms. The molecular weight excluding hydrogens is 177 g/mol. The maximum Gasteiger partial charge on any atom is 0.130 e. The topological polar surface area (TPSA) is 12.0 Å². The first-order valence-electron chi connectivity index (χ1n) is 4.74. The van der Waals surface area contributed by atoms with Gasteiger partial charge in [0.15, 0.2) is 0 Å². The van der Waals surface area contributed by atoms with Crippen molar-refractivity contribution < 1.29 is 4.39 Å². The van der Waals surface area contributed by atoms with Crippen LogP contribution in [0.4, 0.5) is 4.39 Å². The quantitative estimate of drug-likeness (QED) is 0.725. The highest BCUT2D eigenvalue weighted by atomic mass is 19.1. The summed E-state index contributed by atoms with van der Waals surface area (Å²) < 4.78 is 13.7. The van der Waals surface area contributed by atoms with E-state index in [0.717, 1.165) is 6.42 Å². The average molecular weight is 193 g/mol. The first kappa shape index (κ1) is 10.9. The lowest BCUT2D eigenvalue weighted by Crippen LogP contribution is -2.17. The molecule has 1 nitrogen and oxygen atoms in total. The van der Waals surface area contributed by atoms with Gasteiger partial charge in [-0.1, -0.05) is 24.3 Å². The zero-order valence-electron chi connectivity index (χ0n) is 8.68. The molecular formula is C12H16FN. The van der Waals surface area contributed by atoms with Crippen molar-refractivity contribution in [3.8, 4) is 0 Å². The van der Waals surface area contributed by atoms with Crippen molar-refractivity contribution in [2.24, 2.45) is 0 Å². The summed E-state index contributed by atoms with van der Waals surface area (Å²) in [7, 11) is 1.83. The van der Waals surface area contributed by atoms with Crippen LogP contribution < -0.4 is 5.32 Å². The van der Waals surface area contributed by atoms with Gasteiger partial charge < -0.3 is 5.32 Å². The van der Waals surface area contributed by atoms with Gasteiger partial charge in [-0.3, -0.25) is 0 Å². The fourth-order valence-corrected chi connectivity index (χ4v) is 1.51. The third kappa shape index (κ3) is 2.20. The van der Waals surface area contributed by atoms with E-state index in [1.807, 2.05) is 19.2 Å². The SMILES string of the molecule is C=CCC(NC)c1cccc(C)c1F. The summed E-state index contributed by atoms with van der Waals surface area (Å²) in [6.07, 6.45) is 2.53. The number of hydrogen-bond donors (Lipinski definition) is 1. The van der Waals surface area contributed by atoms with Crippen LogP contribution in [0.1, 0.15) is 23.6 Å². The second-order valence-electron chi connectivity index (χ2n) is 3.34. The Kier molecular flexibility index (Phi) is 3.84. The monoisotopic (exact) mass is 193 g/mol. The molecule has 0 radical (unpaired) electrons. The molecule has 0 aliphatic rings. The van der Waals surface area contributed by atoms with Crippen LogP contribution in [0.2, 0.25) is 0 Å². The van der Waals surface area contributed by atoms with Crippen molar-refractivity contribution in [2.45, 2.75) is 19.4 Å². The first-order chi connectivity index (χ1) is 6.70. The van der Waals surface area contributed by atoms with Crippen LogP contribution in [0.15, 0.2) is 30.9 Å². The Morgan fingerprint density at radius 1 is 1.57 bits per heavy atom. The van der Waals surface area contributed by atoms with Gasteiger partial charge in [-0.15, -0.1) is 6.58 Å². The zero-order valence-corrected chi connectivity index (χ0v) is 8.68. The Labute approximate surface area is 84.6 Å². The molecule has 0 saturated heterocycles. The maximum absolute atomic E-state index is 13.7. The third-order valence-electron chi connectivity index (χ3n) is 2.35. The molecule has 0 aromatic heterocycles. The van der Waals surface area contributed by atoms with Gasteiger partial charge >= 0.3 is 0 Å². The molecule has 1 N–H and O–H groups in total. The minimum atomic E-state index is -0.117. The van der Waals surface area contributed by atoms with Crippen molar-refractivity contribution in [1.29, 1.82) is 0 Å². The van der Waals surface area contributed by atoms with E-state index in [4.69, 9.17) is 0 Å². The number of aryl methyl sites for hydroxylation is 1. The van der Waals surface area contributed by atoms with Crippen LogP contribution in [-0.4, -0.2) is 7.05 Å². The minimum Gasteiger partial charge on any atom is -0.313 e. The van der Waals surface area contributed by atoms with Crippen LogP contribution in [0.5, 0.6) is 0 Å². The molecule has 1 atom stereocenters. The lowest BCUT2D eigenvalue weighted by molar-refractivity contribution is 0.535. The lowest BCUT2D eigenvalue weighted by Gasteiger charge is -2.16. The third-order valence-corrected chi connectivity index (χ3v) is 2.35. The van der Waals surface area contributed by atoms with E-state index in [1.54, 1.807) is 19.1 Å². The Hall–Kier alpha value is -1.15. The van der Waals surface area contributed by atoms with Crippen molar-refractivity contribution in [3.63, 3.8) is 0 Å². The molecule has 1 aromatic carbocycles. The highest BCUT2D eigenvalue weighted by Crippen LogP contribution is 2.21. The standard InChI is InChI=1S/C12H16FN/c1-4-6-11(14-3)10-8-5-7-9(2)12(10)13/h4-5,7-8,11,14H,1,6H2,2-3H3. The molecule has 0 aliphatic carbocycles.